The third kappa shape index (κ3) is 2.68. The summed E-state index contributed by atoms with van der Waals surface area (Å²) in [6, 6.07) is 0. The van der Waals surface area contributed by atoms with Crippen molar-refractivity contribution in [3.05, 3.63) is 24.3 Å². The molecular formula is C11H18N4O2S. The van der Waals surface area contributed by atoms with Gasteiger partial charge in [-0.3, -0.25) is 9.97 Å². The fourth-order valence-corrected chi connectivity index (χ4v) is 3.34. The molecule has 0 bridgehead atoms. The summed E-state index contributed by atoms with van der Waals surface area (Å²) in [6.07, 6.45) is 6.80. The Kier molecular flexibility index (Phi) is 3.94. The number of nitrogens with zero attached hydrogens (tertiary/aromatic N) is 4. The molecule has 1 aliphatic rings. The van der Waals surface area contributed by atoms with E-state index in [0.717, 1.165) is 18.5 Å². The van der Waals surface area contributed by atoms with Crippen LogP contribution in [-0.2, 0) is 10.2 Å². The predicted molar refractivity (Wildman–Crippen MR) is 68.2 cm³/mol. The number of piperidine rings is 1. The van der Waals surface area contributed by atoms with Gasteiger partial charge in [0, 0.05) is 51.7 Å². The standard InChI is InChI=1S/C11H18N4O2S/c1-14(2)18(16,17)15-7-3-4-10(9-15)11-8-12-5-6-13-11/h5-6,8,10H,3-4,7,9H2,1-2H3/t10-/m1/s1. The molecule has 2 rings (SSSR count). The van der Waals surface area contributed by atoms with Crippen LogP contribution in [0.4, 0.5) is 0 Å². The van der Waals surface area contributed by atoms with Crippen molar-refractivity contribution >= 4 is 10.2 Å². The van der Waals surface area contributed by atoms with Gasteiger partial charge in [0.05, 0.1) is 5.69 Å². The second-order valence-corrected chi connectivity index (χ2v) is 6.76. The van der Waals surface area contributed by atoms with Crippen LogP contribution in [0.25, 0.3) is 0 Å². The number of aromatic nitrogens is 2. The first kappa shape index (κ1) is 13.4. The fraction of sp³-hybridized carbons (Fsp3) is 0.636. The van der Waals surface area contributed by atoms with E-state index in [0.29, 0.717) is 13.1 Å². The van der Waals surface area contributed by atoms with Crippen molar-refractivity contribution in [3.63, 3.8) is 0 Å². The molecule has 0 spiro atoms. The van der Waals surface area contributed by atoms with Gasteiger partial charge >= 0.3 is 0 Å². The van der Waals surface area contributed by atoms with Gasteiger partial charge in [-0.15, -0.1) is 0 Å². The van der Waals surface area contributed by atoms with Crippen LogP contribution in [0.1, 0.15) is 24.5 Å². The van der Waals surface area contributed by atoms with Crippen molar-refractivity contribution < 1.29 is 8.42 Å². The summed E-state index contributed by atoms with van der Waals surface area (Å²) in [7, 11) is -0.209. The van der Waals surface area contributed by atoms with Gasteiger partial charge in [-0.1, -0.05) is 0 Å². The molecule has 0 radical (unpaired) electrons. The highest BCUT2D eigenvalue weighted by molar-refractivity contribution is 7.86. The summed E-state index contributed by atoms with van der Waals surface area (Å²) in [5.41, 5.74) is 0.871. The number of rotatable bonds is 3. The second kappa shape index (κ2) is 5.29. The van der Waals surface area contributed by atoms with E-state index >= 15 is 0 Å². The minimum atomic E-state index is -3.32. The van der Waals surface area contributed by atoms with Gasteiger partial charge in [-0.05, 0) is 12.8 Å². The summed E-state index contributed by atoms with van der Waals surface area (Å²) in [6.45, 7) is 1.07. The van der Waals surface area contributed by atoms with Crippen molar-refractivity contribution in [1.82, 2.24) is 18.6 Å². The summed E-state index contributed by atoms with van der Waals surface area (Å²) >= 11 is 0. The Morgan fingerprint density at radius 2 is 2.17 bits per heavy atom. The topological polar surface area (TPSA) is 66.4 Å². The second-order valence-electron chi connectivity index (χ2n) is 4.62. The maximum Gasteiger partial charge on any atom is 0.281 e. The van der Waals surface area contributed by atoms with Crippen molar-refractivity contribution in [2.75, 3.05) is 27.2 Å². The van der Waals surface area contributed by atoms with Crippen LogP contribution >= 0.6 is 0 Å². The molecule has 0 unspecified atom stereocenters. The van der Waals surface area contributed by atoms with Crippen molar-refractivity contribution in [2.24, 2.45) is 0 Å². The lowest BCUT2D eigenvalue weighted by molar-refractivity contribution is 0.296. The van der Waals surface area contributed by atoms with Crippen LogP contribution in [0.5, 0.6) is 0 Å². The summed E-state index contributed by atoms with van der Waals surface area (Å²) in [5, 5.41) is 0. The van der Waals surface area contributed by atoms with Crippen molar-refractivity contribution in [3.8, 4) is 0 Å². The molecule has 18 heavy (non-hydrogen) atoms. The van der Waals surface area contributed by atoms with Crippen LogP contribution < -0.4 is 0 Å². The smallest absolute Gasteiger partial charge is 0.261 e. The molecule has 7 heteroatoms. The lowest BCUT2D eigenvalue weighted by Crippen LogP contribution is -2.45. The number of hydrogen-bond donors (Lipinski definition) is 0. The predicted octanol–water partition coefficient (Wildman–Crippen LogP) is 0.462. The molecule has 1 aromatic rings. The average Bonchev–Trinajstić information content (AvgIpc) is 2.40. The number of hydrogen-bond acceptors (Lipinski definition) is 4. The highest BCUT2D eigenvalue weighted by Gasteiger charge is 2.31. The van der Waals surface area contributed by atoms with Crippen LogP contribution in [0.3, 0.4) is 0 Å². The van der Waals surface area contributed by atoms with Gasteiger partial charge in [0.15, 0.2) is 0 Å². The lowest BCUT2D eigenvalue weighted by atomic mass is 9.96. The van der Waals surface area contributed by atoms with Gasteiger partial charge in [-0.2, -0.15) is 17.0 Å². The quantitative estimate of drug-likeness (QED) is 0.800. The first-order chi connectivity index (χ1) is 8.51. The Bertz CT molecular complexity index is 489. The van der Waals surface area contributed by atoms with Crippen molar-refractivity contribution in [1.29, 1.82) is 0 Å². The van der Waals surface area contributed by atoms with Crippen molar-refractivity contribution in [2.45, 2.75) is 18.8 Å². The summed E-state index contributed by atoms with van der Waals surface area (Å²) < 4.78 is 26.9. The summed E-state index contributed by atoms with van der Waals surface area (Å²) in [5.74, 6) is 0.141. The van der Waals surface area contributed by atoms with Gasteiger partial charge < -0.3 is 0 Å². The zero-order valence-corrected chi connectivity index (χ0v) is 11.5. The molecule has 1 aliphatic heterocycles. The Hall–Kier alpha value is -1.05. The third-order valence-electron chi connectivity index (χ3n) is 3.17. The SMILES string of the molecule is CN(C)S(=O)(=O)N1CCC[C@@H](c2cnccn2)C1. The van der Waals surface area contributed by atoms with Crippen LogP contribution in [0.2, 0.25) is 0 Å². The van der Waals surface area contributed by atoms with E-state index in [9.17, 15) is 8.42 Å². The average molecular weight is 270 g/mol. The van der Waals surface area contributed by atoms with E-state index in [1.54, 1.807) is 32.7 Å². The zero-order chi connectivity index (χ0) is 13.2. The Morgan fingerprint density at radius 3 is 2.78 bits per heavy atom. The molecule has 0 aliphatic carbocycles. The zero-order valence-electron chi connectivity index (χ0n) is 10.7. The highest BCUT2D eigenvalue weighted by Crippen LogP contribution is 2.26. The first-order valence-electron chi connectivity index (χ1n) is 5.95. The van der Waals surface area contributed by atoms with E-state index < -0.39 is 10.2 Å². The molecule has 6 nitrogen and oxygen atoms in total. The van der Waals surface area contributed by atoms with E-state index in [4.69, 9.17) is 0 Å². The van der Waals surface area contributed by atoms with Gasteiger partial charge in [-0.25, -0.2) is 0 Å². The maximum atomic E-state index is 12.1. The largest absolute Gasteiger partial charge is 0.281 e. The van der Waals surface area contributed by atoms with E-state index in [2.05, 4.69) is 9.97 Å². The molecule has 1 saturated heterocycles. The molecule has 0 saturated carbocycles. The molecule has 1 atom stereocenters. The van der Waals surface area contributed by atoms with Gasteiger partial charge in [0.25, 0.3) is 10.2 Å². The maximum absolute atomic E-state index is 12.1. The normalized spacial score (nSPS) is 22.3. The summed E-state index contributed by atoms with van der Waals surface area (Å²) in [4.78, 5) is 8.31. The lowest BCUT2D eigenvalue weighted by Gasteiger charge is -2.33. The molecule has 100 valence electrons. The minimum absolute atomic E-state index is 0.141. The Morgan fingerprint density at radius 1 is 1.39 bits per heavy atom. The molecule has 0 aromatic carbocycles. The monoisotopic (exact) mass is 270 g/mol. The van der Waals surface area contributed by atoms with Crippen LogP contribution in [0.15, 0.2) is 18.6 Å². The minimum Gasteiger partial charge on any atom is -0.261 e. The fourth-order valence-electron chi connectivity index (χ4n) is 2.15. The molecule has 1 aromatic heterocycles. The van der Waals surface area contributed by atoms with Crippen LogP contribution in [0, 0.1) is 0 Å². The molecule has 1 fully saturated rings. The molecule has 0 amide bonds. The van der Waals surface area contributed by atoms with E-state index in [1.807, 2.05) is 0 Å². The molecule has 2 heterocycles. The highest BCUT2D eigenvalue weighted by atomic mass is 32.2. The Labute approximate surface area is 108 Å². The van der Waals surface area contributed by atoms with E-state index in [-0.39, 0.29) is 5.92 Å². The van der Waals surface area contributed by atoms with E-state index in [1.165, 1.54) is 8.61 Å². The van der Waals surface area contributed by atoms with Crippen LogP contribution in [-0.4, -0.2) is 54.2 Å². The van der Waals surface area contributed by atoms with Gasteiger partial charge in [0.2, 0.25) is 0 Å². The third-order valence-corrected chi connectivity index (χ3v) is 5.08. The first-order valence-corrected chi connectivity index (χ1v) is 7.35. The molecular weight excluding hydrogens is 252 g/mol. The molecule has 0 N–H and O–H groups in total. The van der Waals surface area contributed by atoms with Gasteiger partial charge in [0.1, 0.15) is 0 Å². The Balaban J connectivity index is 2.15.